The van der Waals surface area contributed by atoms with E-state index in [9.17, 15) is 5.11 Å². The van der Waals surface area contributed by atoms with Crippen molar-refractivity contribution in [1.29, 1.82) is 0 Å². The quantitative estimate of drug-likeness (QED) is 0.850. The number of nitrogens with one attached hydrogen (secondary N) is 1. The fourth-order valence-corrected chi connectivity index (χ4v) is 1.98. The van der Waals surface area contributed by atoms with Crippen molar-refractivity contribution in [3.8, 4) is 5.75 Å². The average molecular weight is 231 g/mol. The van der Waals surface area contributed by atoms with Crippen LogP contribution in [0.2, 0.25) is 0 Å². The van der Waals surface area contributed by atoms with Gasteiger partial charge in [0.15, 0.2) is 0 Å². The van der Waals surface area contributed by atoms with E-state index in [0.29, 0.717) is 12.4 Å². The van der Waals surface area contributed by atoms with Gasteiger partial charge in [0.05, 0.1) is 6.61 Å². The summed E-state index contributed by atoms with van der Waals surface area (Å²) in [6.45, 7) is 2.71. The molecule has 0 fully saturated rings. The van der Waals surface area contributed by atoms with Gasteiger partial charge in [-0.1, -0.05) is 24.3 Å². The Labute approximate surface area is 101 Å². The Morgan fingerprint density at radius 3 is 2.65 bits per heavy atom. The van der Waals surface area contributed by atoms with Crippen molar-refractivity contribution in [3.05, 3.63) is 36.4 Å². The summed E-state index contributed by atoms with van der Waals surface area (Å²) in [5, 5.41) is 15.0. The van der Waals surface area contributed by atoms with Gasteiger partial charge in [0, 0.05) is 29.6 Å². The Morgan fingerprint density at radius 1 is 1.18 bits per heavy atom. The van der Waals surface area contributed by atoms with Gasteiger partial charge in [-0.25, -0.2) is 0 Å². The lowest BCUT2D eigenvalue weighted by Gasteiger charge is -2.16. The van der Waals surface area contributed by atoms with Crippen molar-refractivity contribution >= 4 is 16.5 Å². The van der Waals surface area contributed by atoms with Crippen LogP contribution in [-0.2, 0) is 4.74 Å². The molecule has 1 unspecified atom stereocenters. The molecule has 2 aromatic rings. The van der Waals surface area contributed by atoms with Gasteiger partial charge in [-0.2, -0.15) is 0 Å². The van der Waals surface area contributed by atoms with Crippen LogP contribution in [0.5, 0.6) is 5.75 Å². The molecule has 17 heavy (non-hydrogen) atoms. The van der Waals surface area contributed by atoms with Crippen molar-refractivity contribution in [3.63, 3.8) is 0 Å². The number of hydrogen-bond donors (Lipinski definition) is 2. The number of aromatic hydroxyl groups is 1. The zero-order valence-electron chi connectivity index (χ0n) is 10.1. The maximum atomic E-state index is 9.78. The van der Waals surface area contributed by atoms with Crippen molar-refractivity contribution in [2.75, 3.05) is 19.0 Å². The molecule has 2 rings (SSSR count). The maximum Gasteiger partial charge on any atom is 0.123 e. The summed E-state index contributed by atoms with van der Waals surface area (Å²) >= 11 is 0. The largest absolute Gasteiger partial charge is 0.507 e. The highest BCUT2D eigenvalue weighted by Gasteiger charge is 2.06. The van der Waals surface area contributed by atoms with Crippen LogP contribution < -0.4 is 5.32 Å². The molecule has 0 spiro atoms. The molecule has 2 N–H and O–H groups in total. The Kier molecular flexibility index (Phi) is 3.49. The van der Waals surface area contributed by atoms with Crippen LogP contribution in [0.3, 0.4) is 0 Å². The lowest BCUT2D eigenvalue weighted by molar-refractivity contribution is 0.190. The molecule has 0 aromatic heterocycles. The van der Waals surface area contributed by atoms with Gasteiger partial charge >= 0.3 is 0 Å². The van der Waals surface area contributed by atoms with Crippen LogP contribution in [0.4, 0.5) is 5.69 Å². The molecule has 0 radical (unpaired) electrons. The first-order valence-electron chi connectivity index (χ1n) is 5.68. The van der Waals surface area contributed by atoms with E-state index in [4.69, 9.17) is 4.74 Å². The standard InChI is InChI=1S/C14H17NO2/c1-10(9-17-2)15-13-7-3-6-12-11(13)5-4-8-14(12)16/h3-8,10,15-16H,9H2,1-2H3. The lowest BCUT2D eigenvalue weighted by Crippen LogP contribution is -2.20. The summed E-state index contributed by atoms with van der Waals surface area (Å²) in [6.07, 6.45) is 0. The van der Waals surface area contributed by atoms with Crippen LogP contribution in [-0.4, -0.2) is 24.9 Å². The first-order valence-corrected chi connectivity index (χ1v) is 5.68. The van der Waals surface area contributed by atoms with E-state index in [2.05, 4.69) is 12.2 Å². The Hall–Kier alpha value is -1.74. The normalized spacial score (nSPS) is 12.6. The van der Waals surface area contributed by atoms with E-state index in [1.807, 2.05) is 30.3 Å². The summed E-state index contributed by atoms with van der Waals surface area (Å²) in [7, 11) is 1.69. The predicted molar refractivity (Wildman–Crippen MR) is 70.6 cm³/mol. The monoisotopic (exact) mass is 231 g/mol. The molecule has 1 atom stereocenters. The van der Waals surface area contributed by atoms with E-state index < -0.39 is 0 Å². The van der Waals surface area contributed by atoms with E-state index in [1.54, 1.807) is 13.2 Å². The third-order valence-electron chi connectivity index (χ3n) is 2.72. The molecule has 3 nitrogen and oxygen atoms in total. The van der Waals surface area contributed by atoms with Gasteiger partial charge in [0.1, 0.15) is 5.75 Å². The molecule has 0 aliphatic carbocycles. The van der Waals surface area contributed by atoms with Crippen LogP contribution in [0.1, 0.15) is 6.92 Å². The highest BCUT2D eigenvalue weighted by Crippen LogP contribution is 2.29. The number of methoxy groups -OCH3 is 1. The van der Waals surface area contributed by atoms with Crippen molar-refractivity contribution in [2.24, 2.45) is 0 Å². The fourth-order valence-electron chi connectivity index (χ4n) is 1.98. The fraction of sp³-hybridized carbons (Fsp3) is 0.286. The smallest absolute Gasteiger partial charge is 0.123 e. The van der Waals surface area contributed by atoms with E-state index >= 15 is 0 Å². The molecule has 2 aromatic carbocycles. The second kappa shape index (κ2) is 5.06. The van der Waals surface area contributed by atoms with E-state index in [1.165, 1.54) is 0 Å². The summed E-state index contributed by atoms with van der Waals surface area (Å²) in [6, 6.07) is 11.6. The van der Waals surface area contributed by atoms with Gasteiger partial charge < -0.3 is 15.2 Å². The first-order chi connectivity index (χ1) is 8.22. The highest BCUT2D eigenvalue weighted by molar-refractivity contribution is 5.97. The average Bonchev–Trinajstić information content (AvgIpc) is 2.31. The van der Waals surface area contributed by atoms with Crippen LogP contribution in [0, 0.1) is 0 Å². The van der Waals surface area contributed by atoms with Gasteiger partial charge in [-0.3, -0.25) is 0 Å². The predicted octanol–water partition coefficient (Wildman–Crippen LogP) is 2.99. The number of phenols is 1. The van der Waals surface area contributed by atoms with Gasteiger partial charge in [0.2, 0.25) is 0 Å². The van der Waals surface area contributed by atoms with Crippen molar-refractivity contribution < 1.29 is 9.84 Å². The molecule has 0 heterocycles. The molecule has 0 aliphatic heterocycles. The second-order valence-electron chi connectivity index (χ2n) is 4.18. The molecule has 3 heteroatoms. The molecule has 0 saturated heterocycles. The number of hydrogen-bond acceptors (Lipinski definition) is 3. The molecule has 0 bridgehead atoms. The number of ether oxygens (including phenoxy) is 1. The van der Waals surface area contributed by atoms with Crippen LogP contribution in [0.25, 0.3) is 10.8 Å². The third-order valence-corrected chi connectivity index (χ3v) is 2.72. The highest BCUT2D eigenvalue weighted by atomic mass is 16.5. The van der Waals surface area contributed by atoms with Gasteiger partial charge in [-0.15, -0.1) is 0 Å². The SMILES string of the molecule is COCC(C)Nc1cccc2c(O)cccc12. The summed E-state index contributed by atoms with van der Waals surface area (Å²) in [5.74, 6) is 0.311. The van der Waals surface area contributed by atoms with E-state index in [-0.39, 0.29) is 6.04 Å². The zero-order valence-corrected chi connectivity index (χ0v) is 10.1. The Balaban J connectivity index is 2.37. The zero-order chi connectivity index (χ0) is 12.3. The van der Waals surface area contributed by atoms with Gasteiger partial charge in [-0.05, 0) is 19.1 Å². The maximum absolute atomic E-state index is 9.78. The first kappa shape index (κ1) is 11.7. The summed E-state index contributed by atoms with van der Waals surface area (Å²) < 4.78 is 5.10. The van der Waals surface area contributed by atoms with Gasteiger partial charge in [0.25, 0.3) is 0 Å². The minimum absolute atomic E-state index is 0.230. The molecule has 0 saturated carbocycles. The summed E-state index contributed by atoms with van der Waals surface area (Å²) in [5.41, 5.74) is 1.02. The molecule has 0 amide bonds. The number of anilines is 1. The van der Waals surface area contributed by atoms with Crippen LogP contribution >= 0.6 is 0 Å². The number of rotatable bonds is 4. The van der Waals surface area contributed by atoms with Crippen molar-refractivity contribution in [2.45, 2.75) is 13.0 Å². The second-order valence-corrected chi connectivity index (χ2v) is 4.18. The molecular weight excluding hydrogens is 214 g/mol. The minimum Gasteiger partial charge on any atom is -0.507 e. The number of phenolic OH excluding ortho intramolecular Hbond substituents is 1. The Morgan fingerprint density at radius 2 is 1.88 bits per heavy atom. The van der Waals surface area contributed by atoms with Crippen LogP contribution in [0.15, 0.2) is 36.4 Å². The topological polar surface area (TPSA) is 41.5 Å². The van der Waals surface area contributed by atoms with Crippen molar-refractivity contribution in [1.82, 2.24) is 0 Å². The number of benzene rings is 2. The Bertz CT molecular complexity index is 511. The third kappa shape index (κ3) is 2.50. The molecule has 0 aliphatic rings. The van der Waals surface area contributed by atoms with E-state index in [0.717, 1.165) is 16.5 Å². The minimum atomic E-state index is 0.230. The molecular formula is C14H17NO2. The molecule has 90 valence electrons. The lowest BCUT2D eigenvalue weighted by atomic mass is 10.1. The summed E-state index contributed by atoms with van der Waals surface area (Å²) in [4.78, 5) is 0. The number of fused-ring (bicyclic) bond motifs is 1.